The summed E-state index contributed by atoms with van der Waals surface area (Å²) >= 11 is 0. The number of hydrogen-bond acceptors (Lipinski definition) is 4. The Balaban J connectivity index is 1.37. The first-order chi connectivity index (χ1) is 13.3. The Morgan fingerprint density at radius 1 is 0.815 bits per heavy atom. The van der Waals surface area contributed by atoms with Crippen molar-refractivity contribution >= 4 is 5.91 Å². The molecule has 4 rings (SSSR count). The van der Waals surface area contributed by atoms with E-state index in [0.29, 0.717) is 12.1 Å². The SMILES string of the molecule is O=C(NNC1CCCCCCC1)C1NN(C2CCCCC2)C2=C1CCCC2. The summed E-state index contributed by atoms with van der Waals surface area (Å²) in [6.45, 7) is 0. The second kappa shape index (κ2) is 9.42. The molecule has 2 fully saturated rings. The van der Waals surface area contributed by atoms with Crippen LogP contribution in [0.3, 0.4) is 0 Å². The number of rotatable bonds is 4. The van der Waals surface area contributed by atoms with Crippen LogP contribution in [0, 0.1) is 0 Å². The van der Waals surface area contributed by atoms with E-state index in [-0.39, 0.29) is 11.9 Å². The molecule has 5 nitrogen and oxygen atoms in total. The Hall–Kier alpha value is -1.07. The molecule has 0 aromatic carbocycles. The van der Waals surface area contributed by atoms with Gasteiger partial charge in [-0.15, -0.1) is 0 Å². The number of carbonyl (C=O) groups excluding carboxylic acids is 1. The molecule has 27 heavy (non-hydrogen) atoms. The van der Waals surface area contributed by atoms with Gasteiger partial charge in [-0.25, -0.2) is 10.9 Å². The van der Waals surface area contributed by atoms with Crippen molar-refractivity contribution in [3.8, 4) is 0 Å². The highest BCUT2D eigenvalue weighted by Gasteiger charge is 2.39. The fraction of sp³-hybridized carbons (Fsp3) is 0.864. The van der Waals surface area contributed by atoms with Crippen LogP contribution in [-0.2, 0) is 4.79 Å². The normalized spacial score (nSPS) is 28.6. The van der Waals surface area contributed by atoms with Crippen LogP contribution in [0.1, 0.15) is 103 Å². The van der Waals surface area contributed by atoms with Crippen LogP contribution in [0.25, 0.3) is 0 Å². The van der Waals surface area contributed by atoms with E-state index in [2.05, 4.69) is 21.3 Å². The summed E-state index contributed by atoms with van der Waals surface area (Å²) in [6.07, 6.45) is 20.2. The van der Waals surface area contributed by atoms with Crippen molar-refractivity contribution in [1.29, 1.82) is 0 Å². The zero-order valence-electron chi connectivity index (χ0n) is 16.9. The summed E-state index contributed by atoms with van der Waals surface area (Å²) in [5, 5.41) is 2.41. The number of allylic oxidation sites excluding steroid dienone is 1. The average Bonchev–Trinajstić information content (AvgIpc) is 3.07. The van der Waals surface area contributed by atoms with E-state index in [9.17, 15) is 4.79 Å². The van der Waals surface area contributed by atoms with Crippen LogP contribution in [0.15, 0.2) is 11.3 Å². The number of nitrogens with zero attached hydrogens (tertiary/aromatic N) is 1. The number of hydrazine groups is 2. The van der Waals surface area contributed by atoms with Crippen molar-refractivity contribution < 1.29 is 4.79 Å². The van der Waals surface area contributed by atoms with Crippen LogP contribution in [0.4, 0.5) is 0 Å². The number of carbonyl (C=O) groups is 1. The van der Waals surface area contributed by atoms with Crippen molar-refractivity contribution in [3.05, 3.63) is 11.3 Å². The van der Waals surface area contributed by atoms with Crippen molar-refractivity contribution in [1.82, 2.24) is 21.3 Å². The summed E-state index contributed by atoms with van der Waals surface area (Å²) in [5.74, 6) is 0.116. The first kappa shape index (κ1) is 19.3. The Kier molecular flexibility index (Phi) is 6.72. The summed E-state index contributed by atoms with van der Waals surface area (Å²) in [5.41, 5.74) is 12.9. The molecule has 1 aliphatic heterocycles. The van der Waals surface area contributed by atoms with Gasteiger partial charge in [0.05, 0.1) is 0 Å². The van der Waals surface area contributed by atoms with Crippen LogP contribution in [0.2, 0.25) is 0 Å². The smallest absolute Gasteiger partial charge is 0.257 e. The number of amides is 1. The molecule has 0 bridgehead atoms. The molecule has 0 aromatic heterocycles. The lowest BCUT2D eigenvalue weighted by molar-refractivity contribution is -0.124. The molecule has 1 unspecified atom stereocenters. The summed E-state index contributed by atoms with van der Waals surface area (Å²) in [7, 11) is 0. The molecular weight excluding hydrogens is 336 g/mol. The Morgan fingerprint density at radius 2 is 1.44 bits per heavy atom. The lowest BCUT2D eigenvalue weighted by atomic mass is 9.90. The highest BCUT2D eigenvalue weighted by Crippen LogP contribution is 2.37. The molecular formula is C22H38N4O. The molecule has 152 valence electrons. The highest BCUT2D eigenvalue weighted by molar-refractivity contribution is 5.85. The monoisotopic (exact) mass is 374 g/mol. The minimum absolute atomic E-state index is 0.116. The molecule has 2 saturated carbocycles. The average molecular weight is 375 g/mol. The van der Waals surface area contributed by atoms with E-state index in [1.807, 2.05) is 0 Å². The van der Waals surface area contributed by atoms with Gasteiger partial charge in [0.2, 0.25) is 0 Å². The molecule has 4 aliphatic rings. The lowest BCUT2D eigenvalue weighted by Crippen LogP contribution is -2.54. The fourth-order valence-corrected chi connectivity index (χ4v) is 5.52. The predicted octanol–water partition coefficient (Wildman–Crippen LogP) is 4.07. The second-order valence-corrected chi connectivity index (χ2v) is 9.08. The van der Waals surface area contributed by atoms with E-state index in [4.69, 9.17) is 0 Å². The van der Waals surface area contributed by atoms with Gasteiger partial charge in [0.25, 0.3) is 5.91 Å². The fourth-order valence-electron chi connectivity index (χ4n) is 5.52. The quantitative estimate of drug-likeness (QED) is 0.649. The molecule has 3 aliphatic carbocycles. The van der Waals surface area contributed by atoms with Gasteiger partial charge in [-0.05, 0) is 56.9 Å². The summed E-state index contributed by atoms with van der Waals surface area (Å²) in [4.78, 5) is 13.0. The third-order valence-corrected chi connectivity index (χ3v) is 7.09. The van der Waals surface area contributed by atoms with Gasteiger partial charge in [-0.2, -0.15) is 0 Å². The molecule has 0 spiro atoms. The largest absolute Gasteiger partial charge is 0.308 e. The molecule has 0 aromatic rings. The zero-order chi connectivity index (χ0) is 18.5. The molecule has 5 heteroatoms. The van der Waals surface area contributed by atoms with Crippen LogP contribution in [0.5, 0.6) is 0 Å². The molecule has 1 atom stereocenters. The van der Waals surface area contributed by atoms with Crippen molar-refractivity contribution in [2.75, 3.05) is 0 Å². The Bertz CT molecular complexity index is 532. The van der Waals surface area contributed by atoms with Crippen LogP contribution in [-0.4, -0.2) is 29.0 Å². The molecule has 1 amide bonds. The minimum atomic E-state index is -0.164. The van der Waals surface area contributed by atoms with Crippen molar-refractivity contribution in [2.45, 2.75) is 121 Å². The Morgan fingerprint density at radius 3 is 2.22 bits per heavy atom. The molecule has 0 saturated heterocycles. The third kappa shape index (κ3) is 4.68. The number of nitrogens with one attached hydrogen (secondary N) is 3. The Labute approximate surface area is 164 Å². The second-order valence-electron chi connectivity index (χ2n) is 9.08. The summed E-state index contributed by atoms with van der Waals surface area (Å²) in [6, 6.07) is 0.853. The lowest BCUT2D eigenvalue weighted by Gasteiger charge is -2.35. The van der Waals surface area contributed by atoms with E-state index in [0.717, 1.165) is 12.8 Å². The van der Waals surface area contributed by atoms with Crippen LogP contribution >= 0.6 is 0 Å². The minimum Gasteiger partial charge on any atom is -0.308 e. The number of hydrogen-bond donors (Lipinski definition) is 3. The first-order valence-corrected chi connectivity index (χ1v) is 11.7. The topological polar surface area (TPSA) is 56.4 Å². The van der Waals surface area contributed by atoms with Gasteiger partial charge in [-0.1, -0.05) is 51.4 Å². The third-order valence-electron chi connectivity index (χ3n) is 7.09. The van der Waals surface area contributed by atoms with Gasteiger partial charge in [0.15, 0.2) is 0 Å². The van der Waals surface area contributed by atoms with Crippen LogP contribution < -0.4 is 16.3 Å². The zero-order valence-corrected chi connectivity index (χ0v) is 16.9. The van der Waals surface area contributed by atoms with E-state index in [1.54, 1.807) is 0 Å². The maximum absolute atomic E-state index is 13.0. The molecule has 0 radical (unpaired) electrons. The van der Waals surface area contributed by atoms with Gasteiger partial charge >= 0.3 is 0 Å². The van der Waals surface area contributed by atoms with Gasteiger partial charge in [0.1, 0.15) is 6.04 Å². The first-order valence-electron chi connectivity index (χ1n) is 11.7. The molecule has 1 heterocycles. The van der Waals surface area contributed by atoms with E-state index < -0.39 is 0 Å². The predicted molar refractivity (Wildman–Crippen MR) is 109 cm³/mol. The van der Waals surface area contributed by atoms with Gasteiger partial charge in [-0.3, -0.25) is 10.2 Å². The highest BCUT2D eigenvalue weighted by atomic mass is 16.2. The molecule has 3 N–H and O–H groups in total. The van der Waals surface area contributed by atoms with Crippen molar-refractivity contribution in [3.63, 3.8) is 0 Å². The summed E-state index contributed by atoms with van der Waals surface area (Å²) < 4.78 is 0. The van der Waals surface area contributed by atoms with E-state index >= 15 is 0 Å². The van der Waals surface area contributed by atoms with Gasteiger partial charge < -0.3 is 5.01 Å². The van der Waals surface area contributed by atoms with Gasteiger partial charge in [0, 0.05) is 17.8 Å². The van der Waals surface area contributed by atoms with Crippen molar-refractivity contribution in [2.24, 2.45) is 0 Å². The maximum Gasteiger partial charge on any atom is 0.257 e. The van der Waals surface area contributed by atoms with E-state index in [1.165, 1.54) is 101 Å². The standard InChI is InChI=1S/C22H38N4O/c27-22(24-23-17-11-5-2-1-3-6-12-17)21-19-15-9-10-16-20(19)26(25-21)18-13-7-4-8-14-18/h17-18,21,23,25H,1-16H2,(H,24,27). The maximum atomic E-state index is 13.0.